The van der Waals surface area contributed by atoms with Crippen molar-refractivity contribution in [2.75, 3.05) is 0 Å². The highest BCUT2D eigenvalue weighted by Gasteiger charge is 2.54. The Bertz CT molecular complexity index is 562. The van der Waals surface area contributed by atoms with Crippen molar-refractivity contribution < 1.29 is 4.79 Å². The first kappa shape index (κ1) is 14.7. The Labute approximate surface area is 141 Å². The molecule has 1 unspecified atom stereocenters. The van der Waals surface area contributed by atoms with E-state index in [1.54, 1.807) is 0 Å². The molecule has 1 aromatic rings. The van der Waals surface area contributed by atoms with Gasteiger partial charge >= 0.3 is 0 Å². The second-order valence-corrected chi connectivity index (χ2v) is 8.86. The lowest BCUT2D eigenvalue weighted by molar-refractivity contribution is -0.147. The Kier molecular flexibility index (Phi) is 3.60. The minimum Gasteiger partial charge on any atom is -0.349 e. The van der Waals surface area contributed by atoms with Crippen LogP contribution in [-0.4, -0.2) is 5.91 Å². The SMILES string of the molecule is CC(NC(=O)C12CC3CC(CC(C3)C1)C2)c1cccc(Br)c1. The van der Waals surface area contributed by atoms with Gasteiger partial charge in [0.2, 0.25) is 5.91 Å². The van der Waals surface area contributed by atoms with Gasteiger partial charge in [-0.25, -0.2) is 0 Å². The van der Waals surface area contributed by atoms with Gasteiger partial charge in [-0.1, -0.05) is 28.1 Å². The molecule has 3 heteroatoms. The molecule has 1 aromatic carbocycles. The molecule has 0 heterocycles. The Morgan fingerprint density at radius 2 is 1.77 bits per heavy atom. The maximum atomic E-state index is 13.0. The van der Waals surface area contributed by atoms with Gasteiger partial charge in [0.05, 0.1) is 6.04 Å². The highest BCUT2D eigenvalue weighted by Crippen LogP contribution is 2.60. The van der Waals surface area contributed by atoms with Crippen molar-refractivity contribution in [3.05, 3.63) is 34.3 Å². The largest absolute Gasteiger partial charge is 0.349 e. The van der Waals surface area contributed by atoms with Crippen molar-refractivity contribution in [2.45, 2.75) is 51.5 Å². The number of carbonyl (C=O) groups is 1. The predicted molar refractivity (Wildman–Crippen MR) is 91.3 cm³/mol. The van der Waals surface area contributed by atoms with Crippen molar-refractivity contribution in [3.8, 4) is 0 Å². The van der Waals surface area contributed by atoms with E-state index >= 15 is 0 Å². The first-order valence-electron chi connectivity index (χ1n) is 8.60. The van der Waals surface area contributed by atoms with Gasteiger partial charge in [0, 0.05) is 9.89 Å². The van der Waals surface area contributed by atoms with Crippen molar-refractivity contribution in [2.24, 2.45) is 23.2 Å². The van der Waals surface area contributed by atoms with Crippen LogP contribution in [0.15, 0.2) is 28.7 Å². The van der Waals surface area contributed by atoms with E-state index in [2.05, 4.69) is 40.3 Å². The molecular weight excluding hydrogens is 338 g/mol. The van der Waals surface area contributed by atoms with E-state index in [0.29, 0.717) is 5.91 Å². The molecule has 1 N–H and O–H groups in total. The lowest BCUT2D eigenvalue weighted by Gasteiger charge is -2.55. The monoisotopic (exact) mass is 361 g/mol. The van der Waals surface area contributed by atoms with Crippen LogP contribution in [0.4, 0.5) is 0 Å². The zero-order valence-corrected chi connectivity index (χ0v) is 14.7. The number of halogens is 1. The molecule has 4 aliphatic carbocycles. The quantitative estimate of drug-likeness (QED) is 0.819. The van der Waals surface area contributed by atoms with Crippen LogP contribution in [0.5, 0.6) is 0 Å². The summed E-state index contributed by atoms with van der Waals surface area (Å²) < 4.78 is 1.07. The number of nitrogens with one attached hydrogen (secondary N) is 1. The standard InChI is InChI=1S/C19H24BrNO/c1-12(16-3-2-4-17(20)8-16)21-18(22)19-9-13-5-14(10-19)7-15(6-13)11-19/h2-4,8,12-15H,5-7,9-11H2,1H3,(H,21,22). The fourth-order valence-corrected chi connectivity index (χ4v) is 6.01. The van der Waals surface area contributed by atoms with Gasteiger partial charge in [-0.3, -0.25) is 4.79 Å². The molecule has 1 atom stereocenters. The topological polar surface area (TPSA) is 29.1 Å². The molecule has 4 bridgehead atoms. The predicted octanol–water partition coefficient (Wildman–Crippen LogP) is 4.84. The molecule has 0 saturated heterocycles. The highest BCUT2D eigenvalue weighted by atomic mass is 79.9. The van der Waals surface area contributed by atoms with E-state index < -0.39 is 0 Å². The van der Waals surface area contributed by atoms with E-state index in [-0.39, 0.29) is 11.5 Å². The molecule has 4 fully saturated rings. The smallest absolute Gasteiger partial charge is 0.226 e. The number of hydrogen-bond donors (Lipinski definition) is 1. The lowest BCUT2D eigenvalue weighted by atomic mass is 9.49. The average molecular weight is 362 g/mol. The minimum atomic E-state index is -0.0466. The minimum absolute atomic E-state index is 0.0466. The molecule has 5 rings (SSSR count). The maximum absolute atomic E-state index is 13.0. The molecule has 2 nitrogen and oxygen atoms in total. The van der Waals surface area contributed by atoms with Gasteiger partial charge in [0.15, 0.2) is 0 Å². The van der Waals surface area contributed by atoms with Crippen molar-refractivity contribution in [1.82, 2.24) is 5.32 Å². The first-order valence-corrected chi connectivity index (χ1v) is 9.40. The van der Waals surface area contributed by atoms with Gasteiger partial charge in [0.1, 0.15) is 0 Å². The summed E-state index contributed by atoms with van der Waals surface area (Å²) in [7, 11) is 0. The van der Waals surface area contributed by atoms with Crippen LogP contribution in [0.1, 0.15) is 57.1 Å². The van der Waals surface area contributed by atoms with Gasteiger partial charge in [-0.15, -0.1) is 0 Å². The Morgan fingerprint density at radius 1 is 1.18 bits per heavy atom. The second-order valence-electron chi connectivity index (χ2n) is 7.95. The molecular formula is C19H24BrNO. The summed E-state index contributed by atoms with van der Waals surface area (Å²) in [6.07, 6.45) is 7.55. The van der Waals surface area contributed by atoms with Crippen molar-refractivity contribution in [3.63, 3.8) is 0 Å². The lowest BCUT2D eigenvalue weighted by Crippen LogP contribution is -2.53. The molecule has 22 heavy (non-hydrogen) atoms. The van der Waals surface area contributed by atoms with Gasteiger partial charge < -0.3 is 5.32 Å². The van der Waals surface area contributed by atoms with Crippen LogP contribution in [0.2, 0.25) is 0 Å². The van der Waals surface area contributed by atoms with Crippen LogP contribution in [0.25, 0.3) is 0 Å². The Morgan fingerprint density at radius 3 is 2.32 bits per heavy atom. The third kappa shape index (κ3) is 2.51. The van der Waals surface area contributed by atoms with Crippen molar-refractivity contribution in [1.29, 1.82) is 0 Å². The van der Waals surface area contributed by atoms with E-state index in [1.807, 2.05) is 12.1 Å². The molecule has 4 saturated carbocycles. The first-order chi connectivity index (χ1) is 10.5. The zero-order valence-electron chi connectivity index (χ0n) is 13.1. The number of hydrogen-bond acceptors (Lipinski definition) is 1. The van der Waals surface area contributed by atoms with E-state index in [9.17, 15) is 4.79 Å². The van der Waals surface area contributed by atoms with Crippen LogP contribution >= 0.6 is 15.9 Å². The summed E-state index contributed by atoms with van der Waals surface area (Å²) >= 11 is 3.52. The molecule has 4 aliphatic rings. The fraction of sp³-hybridized carbons (Fsp3) is 0.632. The third-order valence-electron chi connectivity index (χ3n) is 6.22. The van der Waals surface area contributed by atoms with Crippen LogP contribution < -0.4 is 5.32 Å². The fourth-order valence-electron chi connectivity index (χ4n) is 5.60. The van der Waals surface area contributed by atoms with E-state index in [1.165, 1.54) is 24.8 Å². The summed E-state index contributed by atoms with van der Waals surface area (Å²) in [6.45, 7) is 2.10. The highest BCUT2D eigenvalue weighted by molar-refractivity contribution is 9.10. The van der Waals surface area contributed by atoms with Gasteiger partial charge in [-0.05, 0) is 80.9 Å². The molecule has 0 radical (unpaired) electrons. The zero-order chi connectivity index (χ0) is 15.3. The normalized spacial score (nSPS) is 37.1. The van der Waals surface area contributed by atoms with Crippen LogP contribution in [0.3, 0.4) is 0 Å². The summed E-state index contributed by atoms with van der Waals surface area (Å²) in [6, 6.07) is 8.34. The Balaban J connectivity index is 1.50. The van der Waals surface area contributed by atoms with Gasteiger partial charge in [-0.2, -0.15) is 0 Å². The molecule has 118 valence electrons. The Hall–Kier alpha value is -0.830. The van der Waals surface area contributed by atoms with Crippen LogP contribution in [0, 0.1) is 23.2 Å². The van der Waals surface area contributed by atoms with Crippen molar-refractivity contribution >= 4 is 21.8 Å². The van der Waals surface area contributed by atoms with E-state index in [4.69, 9.17) is 0 Å². The van der Waals surface area contributed by atoms with E-state index in [0.717, 1.165) is 41.5 Å². The molecule has 0 aromatic heterocycles. The molecule has 0 aliphatic heterocycles. The molecule has 1 amide bonds. The van der Waals surface area contributed by atoms with Crippen LogP contribution in [-0.2, 0) is 4.79 Å². The number of rotatable bonds is 3. The summed E-state index contributed by atoms with van der Waals surface area (Å²) in [4.78, 5) is 13.0. The number of benzene rings is 1. The average Bonchev–Trinajstić information content (AvgIpc) is 2.45. The summed E-state index contributed by atoms with van der Waals surface area (Å²) in [5.41, 5.74) is 1.13. The summed E-state index contributed by atoms with van der Waals surface area (Å²) in [5.74, 6) is 2.77. The second kappa shape index (κ2) is 5.36. The van der Waals surface area contributed by atoms with Gasteiger partial charge in [0.25, 0.3) is 0 Å². The molecule has 0 spiro atoms. The maximum Gasteiger partial charge on any atom is 0.226 e. The summed E-state index contributed by atoms with van der Waals surface area (Å²) in [5, 5.41) is 3.32. The number of carbonyl (C=O) groups excluding carboxylic acids is 1. The number of amides is 1. The third-order valence-corrected chi connectivity index (χ3v) is 6.71.